The van der Waals surface area contributed by atoms with E-state index in [1.807, 2.05) is 48.3 Å². The van der Waals surface area contributed by atoms with Gasteiger partial charge in [0, 0.05) is 0 Å². The fraction of sp³-hybridized carbons (Fsp3) is 0.532. The molecular formula is C47H70N2NiO2-2. The van der Waals surface area contributed by atoms with Crippen LogP contribution in [0.15, 0.2) is 65.1 Å². The van der Waals surface area contributed by atoms with Crippen LogP contribution >= 0.6 is 0 Å². The van der Waals surface area contributed by atoms with Crippen LogP contribution in [0.4, 0.5) is 5.69 Å². The van der Waals surface area contributed by atoms with E-state index in [-0.39, 0.29) is 5.91 Å². The second-order valence-corrected chi connectivity index (χ2v) is 14.1. The van der Waals surface area contributed by atoms with Gasteiger partial charge in [0.2, 0.25) is 0 Å². The first-order chi connectivity index (χ1) is 25.5. The van der Waals surface area contributed by atoms with Gasteiger partial charge in [-0.05, 0) is 0 Å². The standard InChI is InChI=1S/C43H60N2O2.2C2H5.Ni/c1-5-8-9-10-11-12-13-14-15-16-17-18-19-20-21-26-33-44(4)43(46)37-28-23-22-27-36(37)42-38-29-24-25-30-40(38)47-41-34-35(31-32-39(41)42)45(6-2)7-3;2*1-2;/h22-24,27-32,34H,5-21,26,33H2,1-4H3;2*1H2,2H3;/q;2*-1;. The molecule has 4 rings (SSSR count). The van der Waals surface area contributed by atoms with Gasteiger partial charge in [0.05, 0.1) is 0 Å². The molecule has 0 bridgehead atoms. The van der Waals surface area contributed by atoms with E-state index in [0.717, 1.165) is 74.9 Å². The molecule has 0 fully saturated rings. The largest absolute Gasteiger partial charge is 0.346 e. The normalized spacial score (nSPS) is 10.8. The van der Waals surface area contributed by atoms with E-state index in [1.54, 1.807) is 13.8 Å². The minimum Gasteiger partial charge on any atom is -0.346 e. The second kappa shape index (κ2) is 26.8. The van der Waals surface area contributed by atoms with E-state index in [4.69, 9.17) is 19.4 Å². The Morgan fingerprint density at radius 3 is 1.75 bits per heavy atom. The van der Waals surface area contributed by atoms with Crippen LogP contribution in [0.3, 0.4) is 0 Å². The van der Waals surface area contributed by atoms with Gasteiger partial charge >= 0.3 is 203 Å². The molecule has 0 unspecified atom stereocenters. The van der Waals surface area contributed by atoms with Crippen molar-refractivity contribution in [2.45, 2.75) is 137 Å². The Hall–Kier alpha value is -2.91. The molecule has 292 valence electrons. The Balaban J connectivity index is 0.00000226. The molecule has 0 spiro atoms. The van der Waals surface area contributed by atoms with Crippen molar-refractivity contribution in [2.24, 2.45) is 0 Å². The van der Waals surface area contributed by atoms with Gasteiger partial charge in [0.25, 0.3) is 0 Å². The van der Waals surface area contributed by atoms with Gasteiger partial charge in [-0.2, -0.15) is 13.8 Å². The van der Waals surface area contributed by atoms with Crippen molar-refractivity contribution in [2.75, 3.05) is 31.6 Å². The van der Waals surface area contributed by atoms with Crippen LogP contribution in [0.25, 0.3) is 33.4 Å². The average molecular weight is 754 g/mol. The first kappa shape index (κ1) is 45.3. The molecule has 0 atom stereocenters. The predicted octanol–water partition coefficient (Wildman–Crippen LogP) is 14.1. The van der Waals surface area contributed by atoms with Crippen LogP contribution in [-0.4, -0.2) is 37.5 Å². The van der Waals surface area contributed by atoms with Crippen molar-refractivity contribution >= 4 is 22.6 Å². The first-order valence-corrected chi connectivity index (χ1v) is 20.9. The first-order valence-electron chi connectivity index (χ1n) is 20.5. The predicted molar refractivity (Wildman–Crippen MR) is 224 cm³/mol. The summed E-state index contributed by atoms with van der Waals surface area (Å²) < 4.78 is 7.25. The second-order valence-electron chi connectivity index (χ2n) is 13.5. The quantitative estimate of drug-likeness (QED) is 0.0347. The minimum atomic E-state index is 0.0653. The van der Waals surface area contributed by atoms with Crippen molar-refractivity contribution in [3.63, 3.8) is 0 Å². The SMILES string of the molecule is CCCCCCCCCCCCCCCCCCN(C)C(=O)c1ccccc1-c1c2cc[c](=[Ni])cc-2oc2cc(N(CC)CC)ccc12.[CH2-]C.[CH2-]C. The zero-order valence-corrected chi connectivity index (χ0v) is 34.6. The number of amides is 1. The van der Waals surface area contributed by atoms with Gasteiger partial charge < -0.3 is 13.8 Å². The molecule has 0 N–H and O–H groups in total. The minimum absolute atomic E-state index is 0.0653. The molecule has 0 radical (unpaired) electrons. The summed E-state index contributed by atoms with van der Waals surface area (Å²) in [5.41, 5.74) is 5.58. The molecular weight excluding hydrogens is 683 g/mol. The monoisotopic (exact) mass is 752 g/mol. The third kappa shape index (κ3) is 14.1. The number of anilines is 1. The average Bonchev–Trinajstić information content (AvgIpc) is 3.18. The molecule has 1 aliphatic heterocycles. The van der Waals surface area contributed by atoms with Gasteiger partial charge in [-0.25, -0.2) is 0 Å². The number of unbranched alkanes of at least 4 members (excludes halogenated alkanes) is 15. The summed E-state index contributed by atoms with van der Waals surface area (Å²) in [4.78, 5) is 18.2. The van der Waals surface area contributed by atoms with Crippen LogP contribution < -0.4 is 4.90 Å². The summed E-state index contributed by atoms with van der Waals surface area (Å²) in [6.07, 6.45) is 21.6. The number of carbonyl (C=O) groups is 1. The summed E-state index contributed by atoms with van der Waals surface area (Å²) in [5.74, 6) is 0.817. The van der Waals surface area contributed by atoms with Gasteiger partial charge in [-0.3, -0.25) is 0 Å². The molecule has 1 aliphatic carbocycles. The van der Waals surface area contributed by atoms with Gasteiger partial charge in [-0.1, -0.05) is 96.8 Å². The number of hydrogen-bond donors (Lipinski definition) is 0. The van der Waals surface area contributed by atoms with Crippen molar-refractivity contribution in [1.82, 2.24) is 4.90 Å². The van der Waals surface area contributed by atoms with Gasteiger partial charge in [-0.15, -0.1) is 0 Å². The molecule has 0 saturated heterocycles. The molecule has 4 nitrogen and oxygen atoms in total. The van der Waals surface area contributed by atoms with E-state index in [1.165, 1.54) is 96.3 Å². The number of rotatable bonds is 22. The Morgan fingerprint density at radius 1 is 0.654 bits per heavy atom. The smallest absolute Gasteiger partial charge is 0.194 e. The topological polar surface area (TPSA) is 36.7 Å². The van der Waals surface area contributed by atoms with E-state index >= 15 is 0 Å². The molecule has 2 aliphatic rings. The Bertz CT molecular complexity index is 1570. The summed E-state index contributed by atoms with van der Waals surface area (Å²) in [6, 6.07) is 20.4. The van der Waals surface area contributed by atoms with Crippen LogP contribution in [-0.2, 0) is 15.0 Å². The number of hydrogen-bond acceptors (Lipinski definition) is 3. The van der Waals surface area contributed by atoms with E-state index < -0.39 is 0 Å². The Labute approximate surface area is 326 Å². The summed E-state index contributed by atoms with van der Waals surface area (Å²) in [7, 11) is 1.95. The summed E-state index contributed by atoms with van der Waals surface area (Å²) >= 11 is 5.17. The third-order valence-electron chi connectivity index (χ3n) is 9.90. The van der Waals surface area contributed by atoms with Crippen LogP contribution in [0, 0.1) is 18.0 Å². The van der Waals surface area contributed by atoms with Crippen LogP contribution in [0.2, 0.25) is 0 Å². The Morgan fingerprint density at radius 2 is 1.19 bits per heavy atom. The maximum absolute atomic E-state index is 14.0. The molecule has 0 saturated carbocycles. The van der Waals surface area contributed by atoms with Crippen LogP contribution in [0.5, 0.6) is 0 Å². The zero-order chi connectivity index (χ0) is 38.1. The fourth-order valence-electron chi connectivity index (χ4n) is 7.01. The number of nitrogens with zero attached hydrogens (tertiary/aromatic N) is 2. The van der Waals surface area contributed by atoms with Gasteiger partial charge in [0.1, 0.15) is 0 Å². The number of benzene rings is 3. The molecule has 52 heavy (non-hydrogen) atoms. The summed E-state index contributed by atoms with van der Waals surface area (Å²) in [5, 5.41) is 1.000. The summed E-state index contributed by atoms with van der Waals surface area (Å²) in [6.45, 7) is 19.2. The Kier molecular flexibility index (Phi) is 23.3. The molecule has 2 aromatic carbocycles. The molecule has 2 aromatic rings. The fourth-order valence-corrected chi connectivity index (χ4v) is 7.22. The van der Waals surface area contributed by atoms with Crippen molar-refractivity contribution in [3.8, 4) is 22.5 Å². The molecule has 0 aromatic heterocycles. The van der Waals surface area contributed by atoms with Crippen molar-refractivity contribution in [3.05, 3.63) is 84.2 Å². The van der Waals surface area contributed by atoms with E-state index in [0.29, 0.717) is 0 Å². The van der Waals surface area contributed by atoms with E-state index in [9.17, 15) is 4.79 Å². The van der Waals surface area contributed by atoms with Gasteiger partial charge in [0.15, 0.2) is 0 Å². The van der Waals surface area contributed by atoms with E-state index in [2.05, 4.69) is 63.8 Å². The maximum Gasteiger partial charge on any atom is -0.194 e. The van der Waals surface area contributed by atoms with Crippen molar-refractivity contribution < 1.29 is 24.2 Å². The third-order valence-corrected chi connectivity index (χ3v) is 10.2. The van der Waals surface area contributed by atoms with Crippen molar-refractivity contribution in [1.29, 1.82) is 0 Å². The van der Waals surface area contributed by atoms with Crippen LogP contribution in [0.1, 0.15) is 148 Å². The molecule has 1 amide bonds. The molecule has 5 heteroatoms. The molecule has 1 heterocycles. The number of carbonyl (C=O) groups excluding carboxylic acids is 1. The maximum atomic E-state index is 14.0. The number of fused-ring (bicyclic) bond motifs is 2. The zero-order valence-electron chi connectivity index (χ0n) is 33.6.